The Kier molecular flexibility index (Phi) is 3.15. The van der Waals surface area contributed by atoms with Gasteiger partial charge in [0.2, 0.25) is 5.91 Å². The quantitative estimate of drug-likeness (QED) is 0.744. The number of carboxylic acids is 1. The number of carbonyl (C=O) groups is 2. The molecule has 0 aromatic rings. The fraction of sp³-hybridized carbons (Fsp3) is 0.846. The number of aliphatic carboxylic acids is 1. The summed E-state index contributed by atoms with van der Waals surface area (Å²) >= 11 is 0. The van der Waals surface area contributed by atoms with Gasteiger partial charge in [-0.05, 0) is 37.5 Å². The van der Waals surface area contributed by atoms with Gasteiger partial charge in [0.15, 0.2) is 0 Å². The average Bonchev–Trinajstić information content (AvgIpc) is 3.01. The summed E-state index contributed by atoms with van der Waals surface area (Å²) in [6.07, 6.45) is 5.85. The van der Waals surface area contributed by atoms with E-state index in [0.29, 0.717) is 18.3 Å². The molecule has 1 amide bonds. The van der Waals surface area contributed by atoms with E-state index in [2.05, 4.69) is 12.2 Å². The molecule has 0 saturated heterocycles. The van der Waals surface area contributed by atoms with E-state index in [4.69, 9.17) is 5.11 Å². The van der Waals surface area contributed by atoms with Crippen molar-refractivity contribution in [2.45, 2.75) is 51.9 Å². The molecule has 0 radical (unpaired) electrons. The van der Waals surface area contributed by atoms with Crippen molar-refractivity contribution in [1.29, 1.82) is 0 Å². The summed E-state index contributed by atoms with van der Waals surface area (Å²) in [4.78, 5) is 22.9. The van der Waals surface area contributed by atoms with Crippen LogP contribution in [0.4, 0.5) is 0 Å². The van der Waals surface area contributed by atoms with Gasteiger partial charge < -0.3 is 10.4 Å². The zero-order valence-corrected chi connectivity index (χ0v) is 10.4. The van der Waals surface area contributed by atoms with Gasteiger partial charge >= 0.3 is 5.97 Å². The highest BCUT2D eigenvalue weighted by Crippen LogP contribution is 2.48. The van der Waals surface area contributed by atoms with Crippen molar-refractivity contribution in [3.05, 3.63) is 0 Å². The van der Waals surface area contributed by atoms with Gasteiger partial charge in [0, 0.05) is 13.0 Å². The number of rotatable bonds is 6. The molecule has 17 heavy (non-hydrogen) atoms. The first-order valence-corrected chi connectivity index (χ1v) is 6.52. The molecule has 0 aromatic heterocycles. The first-order chi connectivity index (χ1) is 8.02. The van der Waals surface area contributed by atoms with Gasteiger partial charge in [0.05, 0.1) is 5.41 Å². The summed E-state index contributed by atoms with van der Waals surface area (Å²) < 4.78 is 0. The first kappa shape index (κ1) is 12.4. The van der Waals surface area contributed by atoms with Gasteiger partial charge in [-0.15, -0.1) is 0 Å². The lowest BCUT2D eigenvalue weighted by Crippen LogP contribution is -2.43. The average molecular weight is 239 g/mol. The summed E-state index contributed by atoms with van der Waals surface area (Å²) in [6, 6.07) is 0. The number of nitrogens with one attached hydrogen (secondary N) is 1. The van der Waals surface area contributed by atoms with Crippen LogP contribution in [-0.2, 0) is 9.59 Å². The van der Waals surface area contributed by atoms with Gasteiger partial charge in [-0.2, -0.15) is 0 Å². The molecule has 0 bridgehead atoms. The van der Waals surface area contributed by atoms with Crippen molar-refractivity contribution in [3.63, 3.8) is 0 Å². The standard InChI is InChI=1S/C13H21NO3/c1-2-12(6-7-12)9-14-10(15)8-13(11(16)17)4-3-5-13/h2-9H2,1H3,(H,14,15)(H,16,17). The molecule has 96 valence electrons. The Morgan fingerprint density at radius 1 is 1.24 bits per heavy atom. The second kappa shape index (κ2) is 4.31. The Labute approximate surface area is 102 Å². The van der Waals surface area contributed by atoms with Crippen molar-refractivity contribution in [1.82, 2.24) is 5.32 Å². The number of hydrogen-bond acceptors (Lipinski definition) is 2. The van der Waals surface area contributed by atoms with Crippen LogP contribution in [0.2, 0.25) is 0 Å². The predicted molar refractivity (Wildman–Crippen MR) is 63.5 cm³/mol. The molecule has 4 heteroatoms. The maximum Gasteiger partial charge on any atom is 0.310 e. The van der Waals surface area contributed by atoms with Gasteiger partial charge in [-0.25, -0.2) is 0 Å². The largest absolute Gasteiger partial charge is 0.481 e. The van der Waals surface area contributed by atoms with Gasteiger partial charge in [-0.1, -0.05) is 13.3 Å². The minimum Gasteiger partial charge on any atom is -0.481 e. The van der Waals surface area contributed by atoms with Crippen LogP contribution in [0, 0.1) is 10.8 Å². The molecule has 2 aliphatic rings. The minimum atomic E-state index is -0.810. The molecule has 0 atom stereocenters. The van der Waals surface area contributed by atoms with E-state index in [1.807, 2.05) is 0 Å². The fourth-order valence-electron chi connectivity index (χ4n) is 2.56. The molecule has 0 heterocycles. The lowest BCUT2D eigenvalue weighted by Gasteiger charge is -2.37. The van der Waals surface area contributed by atoms with Crippen molar-refractivity contribution < 1.29 is 14.7 Å². The molecule has 0 spiro atoms. The topological polar surface area (TPSA) is 66.4 Å². The predicted octanol–water partition coefficient (Wildman–Crippen LogP) is 1.94. The van der Waals surface area contributed by atoms with Crippen molar-refractivity contribution >= 4 is 11.9 Å². The third-order valence-corrected chi connectivity index (χ3v) is 4.63. The monoisotopic (exact) mass is 239 g/mol. The molecule has 0 aliphatic heterocycles. The Balaban J connectivity index is 1.79. The molecule has 0 aromatic carbocycles. The lowest BCUT2D eigenvalue weighted by molar-refractivity contribution is -0.157. The van der Waals surface area contributed by atoms with Crippen LogP contribution in [0.5, 0.6) is 0 Å². The summed E-state index contributed by atoms with van der Waals surface area (Å²) in [7, 11) is 0. The SMILES string of the molecule is CCC1(CNC(=O)CC2(C(=O)O)CCC2)CC1. The number of carbonyl (C=O) groups excluding carboxylic acids is 1. The van der Waals surface area contributed by atoms with Crippen LogP contribution < -0.4 is 5.32 Å². The highest BCUT2D eigenvalue weighted by atomic mass is 16.4. The van der Waals surface area contributed by atoms with Crippen LogP contribution in [-0.4, -0.2) is 23.5 Å². The molecular weight excluding hydrogens is 218 g/mol. The summed E-state index contributed by atoms with van der Waals surface area (Å²) in [5, 5.41) is 12.1. The van der Waals surface area contributed by atoms with Crippen molar-refractivity contribution in [2.75, 3.05) is 6.54 Å². The Bertz CT molecular complexity index is 330. The number of carboxylic acid groups (broad SMARTS) is 1. The third kappa shape index (κ3) is 2.45. The normalized spacial score (nSPS) is 23.6. The zero-order valence-electron chi connectivity index (χ0n) is 10.4. The summed E-state index contributed by atoms with van der Waals surface area (Å²) in [5.74, 6) is -0.901. The van der Waals surface area contributed by atoms with Gasteiger partial charge in [0.25, 0.3) is 0 Å². The molecule has 2 aliphatic carbocycles. The van der Waals surface area contributed by atoms with E-state index < -0.39 is 11.4 Å². The van der Waals surface area contributed by atoms with E-state index in [1.165, 1.54) is 12.8 Å². The highest BCUT2D eigenvalue weighted by molar-refractivity contribution is 5.85. The Hall–Kier alpha value is -1.06. The maximum absolute atomic E-state index is 11.8. The summed E-state index contributed by atoms with van der Waals surface area (Å²) in [5.41, 5.74) is -0.432. The molecular formula is C13H21NO3. The van der Waals surface area contributed by atoms with E-state index in [0.717, 1.165) is 19.4 Å². The second-order valence-electron chi connectivity index (χ2n) is 5.75. The van der Waals surface area contributed by atoms with Crippen molar-refractivity contribution in [3.8, 4) is 0 Å². The third-order valence-electron chi connectivity index (χ3n) is 4.63. The van der Waals surface area contributed by atoms with Gasteiger partial charge in [-0.3, -0.25) is 9.59 Å². The summed E-state index contributed by atoms with van der Waals surface area (Å²) in [6.45, 7) is 2.86. The number of hydrogen-bond donors (Lipinski definition) is 2. The van der Waals surface area contributed by atoms with E-state index in [1.54, 1.807) is 0 Å². The number of amides is 1. The molecule has 4 nitrogen and oxygen atoms in total. The highest BCUT2D eigenvalue weighted by Gasteiger charge is 2.46. The zero-order chi connectivity index (χ0) is 12.5. The van der Waals surface area contributed by atoms with Crippen LogP contribution in [0.3, 0.4) is 0 Å². The smallest absolute Gasteiger partial charge is 0.310 e. The Morgan fingerprint density at radius 3 is 2.24 bits per heavy atom. The van der Waals surface area contributed by atoms with Crippen LogP contribution in [0.1, 0.15) is 51.9 Å². The van der Waals surface area contributed by atoms with E-state index in [-0.39, 0.29) is 12.3 Å². The van der Waals surface area contributed by atoms with Gasteiger partial charge in [0.1, 0.15) is 0 Å². The molecule has 2 rings (SSSR count). The fourth-order valence-corrected chi connectivity index (χ4v) is 2.56. The van der Waals surface area contributed by atoms with Crippen LogP contribution in [0.15, 0.2) is 0 Å². The maximum atomic E-state index is 11.8. The minimum absolute atomic E-state index is 0.0909. The van der Waals surface area contributed by atoms with E-state index in [9.17, 15) is 9.59 Å². The molecule has 2 N–H and O–H groups in total. The lowest BCUT2D eigenvalue weighted by atomic mass is 9.66. The Morgan fingerprint density at radius 2 is 1.88 bits per heavy atom. The van der Waals surface area contributed by atoms with Crippen LogP contribution in [0.25, 0.3) is 0 Å². The van der Waals surface area contributed by atoms with Crippen LogP contribution >= 0.6 is 0 Å². The molecule has 0 unspecified atom stereocenters. The second-order valence-corrected chi connectivity index (χ2v) is 5.75. The first-order valence-electron chi connectivity index (χ1n) is 6.52. The van der Waals surface area contributed by atoms with E-state index >= 15 is 0 Å². The molecule has 2 saturated carbocycles. The molecule has 2 fully saturated rings. The van der Waals surface area contributed by atoms with Crippen molar-refractivity contribution in [2.24, 2.45) is 10.8 Å².